The molecule has 0 radical (unpaired) electrons. The molecule has 5 nitrogen and oxygen atoms in total. The molecule has 1 fully saturated rings. The fourth-order valence-corrected chi connectivity index (χ4v) is 4.67. The summed E-state index contributed by atoms with van der Waals surface area (Å²) >= 11 is 3.15. The van der Waals surface area contributed by atoms with Gasteiger partial charge in [0.2, 0.25) is 5.91 Å². The van der Waals surface area contributed by atoms with Gasteiger partial charge in [0.15, 0.2) is 11.0 Å². The first kappa shape index (κ1) is 17.5. The number of aromatic nitrogens is 3. The van der Waals surface area contributed by atoms with E-state index in [0.29, 0.717) is 6.04 Å². The van der Waals surface area contributed by atoms with Crippen LogP contribution in [0.1, 0.15) is 46.0 Å². The normalized spacial score (nSPS) is 16.9. The Morgan fingerprint density at radius 2 is 2.21 bits per heavy atom. The molecule has 0 saturated heterocycles. The van der Waals surface area contributed by atoms with E-state index in [9.17, 15) is 4.79 Å². The molecule has 0 bridgehead atoms. The summed E-state index contributed by atoms with van der Waals surface area (Å²) in [5.41, 5.74) is 0. The fourth-order valence-electron chi connectivity index (χ4n) is 3.03. The van der Waals surface area contributed by atoms with Crippen molar-refractivity contribution < 1.29 is 4.79 Å². The zero-order valence-corrected chi connectivity index (χ0v) is 15.8. The summed E-state index contributed by atoms with van der Waals surface area (Å²) in [7, 11) is 0. The summed E-state index contributed by atoms with van der Waals surface area (Å²) in [4.78, 5) is 13.6. The van der Waals surface area contributed by atoms with Gasteiger partial charge in [-0.2, -0.15) is 0 Å². The Bertz CT molecular complexity index is 662. The van der Waals surface area contributed by atoms with Gasteiger partial charge in [0.05, 0.1) is 10.1 Å². The highest BCUT2D eigenvalue weighted by atomic mass is 32.2. The zero-order valence-electron chi connectivity index (χ0n) is 14.2. The lowest BCUT2D eigenvalue weighted by atomic mass is 9.95. The zero-order chi connectivity index (χ0) is 16.9. The molecule has 1 saturated carbocycles. The molecule has 1 aliphatic rings. The molecule has 0 aliphatic heterocycles. The molecule has 24 heavy (non-hydrogen) atoms. The minimum Gasteiger partial charge on any atom is -0.352 e. The van der Waals surface area contributed by atoms with Crippen molar-refractivity contribution in [3.63, 3.8) is 0 Å². The maximum absolute atomic E-state index is 12.5. The number of hydrogen-bond donors (Lipinski definition) is 1. The molecule has 0 spiro atoms. The van der Waals surface area contributed by atoms with Gasteiger partial charge in [0.1, 0.15) is 0 Å². The van der Waals surface area contributed by atoms with Crippen molar-refractivity contribution in [1.29, 1.82) is 0 Å². The molecule has 2 aromatic rings. The number of hydrogen-bond acceptors (Lipinski definition) is 5. The van der Waals surface area contributed by atoms with Crippen molar-refractivity contribution in [1.82, 2.24) is 20.1 Å². The van der Waals surface area contributed by atoms with E-state index >= 15 is 0 Å². The number of amides is 1. The molecule has 1 atom stereocenters. The van der Waals surface area contributed by atoms with Crippen LogP contribution in [0.15, 0.2) is 22.7 Å². The Balaban J connectivity index is 1.65. The second-order valence-electron chi connectivity index (χ2n) is 6.13. The molecular formula is C17H24N4OS2. The molecule has 0 aromatic carbocycles. The summed E-state index contributed by atoms with van der Waals surface area (Å²) in [5.74, 6) is 0.991. The first-order valence-corrected chi connectivity index (χ1v) is 10.4. The Morgan fingerprint density at radius 1 is 1.42 bits per heavy atom. The average molecular weight is 365 g/mol. The lowest BCUT2D eigenvalue weighted by Gasteiger charge is -2.24. The van der Waals surface area contributed by atoms with E-state index in [1.54, 1.807) is 11.3 Å². The highest BCUT2D eigenvalue weighted by Crippen LogP contribution is 2.29. The Hall–Kier alpha value is -1.34. The number of nitrogens with zero attached hydrogens (tertiary/aromatic N) is 3. The van der Waals surface area contributed by atoms with Crippen LogP contribution in [0.4, 0.5) is 0 Å². The van der Waals surface area contributed by atoms with Crippen LogP contribution in [0.5, 0.6) is 0 Å². The van der Waals surface area contributed by atoms with Gasteiger partial charge in [0.25, 0.3) is 0 Å². The first-order chi connectivity index (χ1) is 11.7. The third kappa shape index (κ3) is 4.00. The number of carbonyl (C=O) groups excluding carboxylic acids is 1. The second-order valence-corrected chi connectivity index (χ2v) is 8.39. The van der Waals surface area contributed by atoms with Gasteiger partial charge in [0, 0.05) is 12.6 Å². The maximum atomic E-state index is 12.5. The van der Waals surface area contributed by atoms with Crippen LogP contribution in [-0.2, 0) is 11.3 Å². The molecule has 1 unspecified atom stereocenters. The van der Waals surface area contributed by atoms with E-state index in [2.05, 4.69) is 33.1 Å². The third-order valence-electron chi connectivity index (χ3n) is 4.38. The quantitative estimate of drug-likeness (QED) is 0.788. The largest absolute Gasteiger partial charge is 0.352 e. The number of thioether (sulfide) groups is 1. The Morgan fingerprint density at radius 3 is 2.88 bits per heavy atom. The van der Waals surface area contributed by atoms with Gasteiger partial charge in [-0.3, -0.25) is 4.79 Å². The predicted molar refractivity (Wildman–Crippen MR) is 99.3 cm³/mol. The monoisotopic (exact) mass is 364 g/mol. The smallest absolute Gasteiger partial charge is 0.233 e. The van der Waals surface area contributed by atoms with Crippen molar-refractivity contribution in [3.8, 4) is 10.7 Å². The minimum absolute atomic E-state index is 0.107. The lowest BCUT2D eigenvalue weighted by molar-refractivity contribution is -0.121. The van der Waals surface area contributed by atoms with Crippen LogP contribution in [0.25, 0.3) is 10.7 Å². The molecule has 3 rings (SSSR count). The molecule has 1 amide bonds. The molecule has 130 valence electrons. The van der Waals surface area contributed by atoms with Crippen LogP contribution < -0.4 is 5.32 Å². The van der Waals surface area contributed by atoms with E-state index in [4.69, 9.17) is 0 Å². The van der Waals surface area contributed by atoms with Crippen molar-refractivity contribution in [3.05, 3.63) is 17.5 Å². The topological polar surface area (TPSA) is 59.8 Å². The SMILES string of the molecule is CCn1c(SC(C)C(=O)NC2CCCCC2)nnc1-c1cccs1. The Labute approximate surface area is 151 Å². The fraction of sp³-hybridized carbons (Fsp3) is 0.588. The van der Waals surface area contributed by atoms with E-state index in [1.165, 1.54) is 31.0 Å². The Kier molecular flexibility index (Phi) is 5.94. The molecule has 7 heteroatoms. The van der Waals surface area contributed by atoms with Gasteiger partial charge in [-0.05, 0) is 38.1 Å². The minimum atomic E-state index is -0.169. The molecule has 1 aliphatic carbocycles. The van der Waals surface area contributed by atoms with Gasteiger partial charge < -0.3 is 9.88 Å². The standard InChI is InChI=1S/C17H24N4OS2/c1-3-21-15(14-10-7-11-23-14)19-20-17(21)24-12(2)16(22)18-13-8-5-4-6-9-13/h7,10-13H,3-6,8-9H2,1-2H3,(H,18,22). The number of carbonyl (C=O) groups is 1. The van der Waals surface area contributed by atoms with Crippen LogP contribution in [0, 0.1) is 0 Å². The van der Waals surface area contributed by atoms with Gasteiger partial charge >= 0.3 is 0 Å². The second kappa shape index (κ2) is 8.16. The van der Waals surface area contributed by atoms with Gasteiger partial charge in [-0.25, -0.2) is 0 Å². The molecule has 2 aromatic heterocycles. The van der Waals surface area contributed by atoms with Crippen LogP contribution in [0.2, 0.25) is 0 Å². The van der Waals surface area contributed by atoms with Gasteiger partial charge in [-0.1, -0.05) is 37.1 Å². The van der Waals surface area contributed by atoms with Crippen LogP contribution in [0.3, 0.4) is 0 Å². The van der Waals surface area contributed by atoms with Crippen molar-refractivity contribution >= 4 is 29.0 Å². The first-order valence-electron chi connectivity index (χ1n) is 8.63. The van der Waals surface area contributed by atoms with Crippen molar-refractivity contribution in [2.75, 3.05) is 0 Å². The lowest BCUT2D eigenvalue weighted by Crippen LogP contribution is -2.40. The van der Waals surface area contributed by atoms with E-state index < -0.39 is 0 Å². The molecular weight excluding hydrogens is 340 g/mol. The van der Waals surface area contributed by atoms with Crippen LogP contribution >= 0.6 is 23.1 Å². The van der Waals surface area contributed by atoms with Crippen LogP contribution in [-0.4, -0.2) is 32.0 Å². The predicted octanol–water partition coefficient (Wildman–Crippen LogP) is 3.96. The molecule has 1 N–H and O–H groups in total. The maximum Gasteiger partial charge on any atom is 0.233 e. The summed E-state index contributed by atoms with van der Waals surface area (Å²) in [6, 6.07) is 4.41. The van der Waals surface area contributed by atoms with E-state index in [0.717, 1.165) is 35.2 Å². The van der Waals surface area contributed by atoms with Crippen molar-refractivity contribution in [2.24, 2.45) is 0 Å². The summed E-state index contributed by atoms with van der Waals surface area (Å²) in [6.45, 7) is 4.82. The number of rotatable bonds is 6. The average Bonchev–Trinajstić information content (AvgIpc) is 3.24. The summed E-state index contributed by atoms with van der Waals surface area (Å²) < 4.78 is 2.08. The third-order valence-corrected chi connectivity index (χ3v) is 6.32. The number of nitrogens with one attached hydrogen (secondary N) is 1. The van der Waals surface area contributed by atoms with E-state index in [-0.39, 0.29) is 11.2 Å². The summed E-state index contributed by atoms with van der Waals surface area (Å²) in [5, 5.41) is 14.5. The highest BCUT2D eigenvalue weighted by Gasteiger charge is 2.23. The molecule has 2 heterocycles. The highest BCUT2D eigenvalue weighted by molar-refractivity contribution is 8.00. The van der Waals surface area contributed by atoms with Crippen molar-refractivity contribution in [2.45, 2.75) is 68.9 Å². The summed E-state index contributed by atoms with van der Waals surface area (Å²) in [6.07, 6.45) is 5.96. The van der Waals surface area contributed by atoms with E-state index in [1.807, 2.05) is 18.4 Å². The van der Waals surface area contributed by atoms with Gasteiger partial charge in [-0.15, -0.1) is 21.5 Å². The number of thiophene rings is 1.